The molecule has 0 radical (unpaired) electrons. The predicted molar refractivity (Wildman–Crippen MR) is 88.4 cm³/mol. The van der Waals surface area contributed by atoms with E-state index in [0.29, 0.717) is 12.1 Å². The number of carbonyl (C=O) groups is 1. The molecule has 1 aromatic carbocycles. The van der Waals surface area contributed by atoms with Crippen molar-refractivity contribution in [2.75, 3.05) is 24.5 Å². The van der Waals surface area contributed by atoms with E-state index in [9.17, 15) is 9.18 Å². The number of amides is 1. The third kappa shape index (κ3) is 3.45. The van der Waals surface area contributed by atoms with Crippen molar-refractivity contribution in [2.24, 2.45) is 0 Å². The highest BCUT2D eigenvalue weighted by Crippen LogP contribution is 2.21. The van der Waals surface area contributed by atoms with E-state index in [1.807, 2.05) is 19.1 Å². The minimum absolute atomic E-state index is 0.0199. The summed E-state index contributed by atoms with van der Waals surface area (Å²) in [4.78, 5) is 20.6. The molecule has 0 N–H and O–H groups in total. The molecule has 6 heteroatoms. The molecule has 1 unspecified atom stereocenters. The van der Waals surface area contributed by atoms with E-state index in [0.717, 1.165) is 18.8 Å². The first-order valence-electron chi connectivity index (χ1n) is 7.46. The molecular formula is C17H17ClFN3O. The second-order valence-electron chi connectivity index (χ2n) is 5.66. The summed E-state index contributed by atoms with van der Waals surface area (Å²) in [6.07, 6.45) is 3.51. The summed E-state index contributed by atoms with van der Waals surface area (Å²) < 4.78 is 13.5. The van der Waals surface area contributed by atoms with Gasteiger partial charge in [0.15, 0.2) is 0 Å². The van der Waals surface area contributed by atoms with E-state index in [1.54, 1.807) is 17.3 Å². The van der Waals surface area contributed by atoms with E-state index in [1.165, 1.54) is 18.2 Å². The second-order valence-corrected chi connectivity index (χ2v) is 6.09. The predicted octanol–water partition coefficient (Wildman–Crippen LogP) is 3.23. The standard InChI is InChI=1S/C17H17ClFN3O/c1-12-11-21(16-2-4-20-5-3-16)6-7-22(12)17(23)13-8-14(18)10-15(19)9-13/h2-5,8-10,12H,6-7,11H2,1H3. The molecule has 2 heterocycles. The fraction of sp³-hybridized carbons (Fsp3) is 0.294. The second kappa shape index (κ2) is 6.54. The van der Waals surface area contributed by atoms with Gasteiger partial charge in [0.05, 0.1) is 0 Å². The number of rotatable bonds is 2. The van der Waals surface area contributed by atoms with Crippen LogP contribution in [0.3, 0.4) is 0 Å². The first-order valence-corrected chi connectivity index (χ1v) is 7.84. The lowest BCUT2D eigenvalue weighted by Gasteiger charge is -2.41. The maximum atomic E-state index is 13.5. The topological polar surface area (TPSA) is 36.4 Å². The molecule has 1 amide bonds. The average molecular weight is 334 g/mol. The molecule has 1 aromatic heterocycles. The number of benzene rings is 1. The number of hydrogen-bond donors (Lipinski definition) is 0. The van der Waals surface area contributed by atoms with Gasteiger partial charge in [-0.05, 0) is 37.3 Å². The number of halogens is 2. The lowest BCUT2D eigenvalue weighted by Crippen LogP contribution is -2.54. The summed E-state index contributed by atoms with van der Waals surface area (Å²) in [6.45, 7) is 4.02. The number of aromatic nitrogens is 1. The van der Waals surface area contributed by atoms with E-state index in [2.05, 4.69) is 9.88 Å². The van der Waals surface area contributed by atoms with Crippen molar-refractivity contribution < 1.29 is 9.18 Å². The molecule has 0 spiro atoms. The summed E-state index contributed by atoms with van der Waals surface area (Å²) >= 11 is 5.85. The Labute approximate surface area is 139 Å². The normalized spacial score (nSPS) is 18.1. The van der Waals surface area contributed by atoms with Gasteiger partial charge in [-0.2, -0.15) is 0 Å². The van der Waals surface area contributed by atoms with Crippen LogP contribution in [0.4, 0.5) is 10.1 Å². The van der Waals surface area contributed by atoms with Crippen LogP contribution in [0, 0.1) is 5.82 Å². The number of nitrogens with zero attached hydrogens (tertiary/aromatic N) is 3. The van der Waals surface area contributed by atoms with Crippen LogP contribution < -0.4 is 4.90 Å². The van der Waals surface area contributed by atoms with Gasteiger partial charge in [-0.15, -0.1) is 0 Å². The van der Waals surface area contributed by atoms with Gasteiger partial charge < -0.3 is 9.80 Å². The van der Waals surface area contributed by atoms with Crippen molar-refractivity contribution in [3.8, 4) is 0 Å². The zero-order chi connectivity index (χ0) is 16.4. The summed E-state index contributed by atoms with van der Waals surface area (Å²) in [6, 6.07) is 7.87. The Balaban J connectivity index is 1.74. The number of anilines is 1. The van der Waals surface area contributed by atoms with E-state index in [4.69, 9.17) is 11.6 Å². The Bertz CT molecular complexity index is 690. The van der Waals surface area contributed by atoms with Gasteiger partial charge in [0.1, 0.15) is 5.82 Å². The third-order valence-corrected chi connectivity index (χ3v) is 4.24. The molecule has 0 bridgehead atoms. The first kappa shape index (κ1) is 15.7. The maximum absolute atomic E-state index is 13.5. The van der Waals surface area contributed by atoms with Gasteiger partial charge >= 0.3 is 0 Å². The molecule has 0 aliphatic carbocycles. The van der Waals surface area contributed by atoms with Crippen LogP contribution in [0.2, 0.25) is 5.02 Å². The van der Waals surface area contributed by atoms with Gasteiger partial charge in [-0.3, -0.25) is 9.78 Å². The van der Waals surface area contributed by atoms with Crippen LogP contribution in [0.1, 0.15) is 17.3 Å². The lowest BCUT2D eigenvalue weighted by atomic mass is 10.1. The zero-order valence-corrected chi connectivity index (χ0v) is 13.5. The Morgan fingerprint density at radius 2 is 2.00 bits per heavy atom. The summed E-state index contributed by atoms with van der Waals surface area (Å²) in [5.41, 5.74) is 1.38. The van der Waals surface area contributed by atoms with Crippen molar-refractivity contribution in [3.63, 3.8) is 0 Å². The summed E-state index contributed by atoms with van der Waals surface area (Å²) in [5, 5.41) is 0.233. The number of carbonyl (C=O) groups excluding carboxylic acids is 1. The van der Waals surface area contributed by atoms with Crippen LogP contribution >= 0.6 is 11.6 Å². The smallest absolute Gasteiger partial charge is 0.254 e. The SMILES string of the molecule is CC1CN(c2ccncc2)CCN1C(=O)c1cc(F)cc(Cl)c1. The summed E-state index contributed by atoms with van der Waals surface area (Å²) in [7, 11) is 0. The highest BCUT2D eigenvalue weighted by atomic mass is 35.5. The van der Waals surface area contributed by atoms with Gasteiger partial charge in [-0.1, -0.05) is 11.6 Å². The number of hydrogen-bond acceptors (Lipinski definition) is 3. The van der Waals surface area contributed by atoms with Crippen LogP contribution in [-0.4, -0.2) is 41.5 Å². The molecule has 1 atom stereocenters. The highest BCUT2D eigenvalue weighted by molar-refractivity contribution is 6.31. The minimum atomic E-state index is -0.496. The molecule has 4 nitrogen and oxygen atoms in total. The van der Waals surface area contributed by atoms with E-state index >= 15 is 0 Å². The van der Waals surface area contributed by atoms with Crippen LogP contribution in [0.15, 0.2) is 42.7 Å². The Morgan fingerprint density at radius 1 is 1.26 bits per heavy atom. The zero-order valence-electron chi connectivity index (χ0n) is 12.7. The molecule has 120 valence electrons. The largest absolute Gasteiger partial charge is 0.368 e. The van der Waals surface area contributed by atoms with Crippen LogP contribution in [0.25, 0.3) is 0 Å². The molecule has 1 aliphatic rings. The van der Waals surface area contributed by atoms with Crippen LogP contribution in [-0.2, 0) is 0 Å². The van der Waals surface area contributed by atoms with Gasteiger partial charge in [0.2, 0.25) is 0 Å². The van der Waals surface area contributed by atoms with Crippen molar-refractivity contribution in [3.05, 3.63) is 59.1 Å². The number of piperazine rings is 1. The Hall–Kier alpha value is -2.14. The van der Waals surface area contributed by atoms with E-state index < -0.39 is 5.82 Å². The fourth-order valence-electron chi connectivity index (χ4n) is 2.89. The van der Waals surface area contributed by atoms with Crippen molar-refractivity contribution in [2.45, 2.75) is 13.0 Å². The molecular weight excluding hydrogens is 317 g/mol. The Kier molecular flexibility index (Phi) is 4.48. The molecule has 1 saturated heterocycles. The van der Waals surface area contributed by atoms with Crippen molar-refractivity contribution in [1.82, 2.24) is 9.88 Å². The summed E-state index contributed by atoms with van der Waals surface area (Å²) in [5.74, 6) is -0.683. The monoisotopic (exact) mass is 333 g/mol. The van der Waals surface area contributed by atoms with Gasteiger partial charge in [0.25, 0.3) is 5.91 Å². The van der Waals surface area contributed by atoms with Crippen molar-refractivity contribution in [1.29, 1.82) is 0 Å². The fourth-order valence-corrected chi connectivity index (χ4v) is 3.11. The van der Waals surface area contributed by atoms with E-state index in [-0.39, 0.29) is 17.0 Å². The van der Waals surface area contributed by atoms with Crippen LogP contribution in [0.5, 0.6) is 0 Å². The molecule has 3 rings (SSSR count). The third-order valence-electron chi connectivity index (χ3n) is 4.03. The quantitative estimate of drug-likeness (QED) is 0.846. The lowest BCUT2D eigenvalue weighted by molar-refractivity contribution is 0.0673. The maximum Gasteiger partial charge on any atom is 0.254 e. The molecule has 0 saturated carbocycles. The number of pyridine rings is 1. The minimum Gasteiger partial charge on any atom is -0.368 e. The molecule has 1 aliphatic heterocycles. The van der Waals surface area contributed by atoms with Crippen molar-refractivity contribution >= 4 is 23.2 Å². The Morgan fingerprint density at radius 3 is 2.65 bits per heavy atom. The molecule has 23 heavy (non-hydrogen) atoms. The first-order chi connectivity index (χ1) is 11.0. The average Bonchev–Trinajstić information content (AvgIpc) is 2.54. The molecule has 2 aromatic rings. The molecule has 1 fully saturated rings. The van der Waals surface area contributed by atoms with Gasteiger partial charge in [-0.25, -0.2) is 4.39 Å². The van der Waals surface area contributed by atoms with Gasteiger partial charge in [0, 0.05) is 54.3 Å². The highest BCUT2D eigenvalue weighted by Gasteiger charge is 2.28.